The van der Waals surface area contributed by atoms with Crippen molar-refractivity contribution in [2.24, 2.45) is 5.92 Å². The summed E-state index contributed by atoms with van der Waals surface area (Å²) in [5.74, 6) is -0.810. The van der Waals surface area contributed by atoms with Gasteiger partial charge in [0.2, 0.25) is 0 Å². The Kier molecular flexibility index (Phi) is 7.24. The SMILES string of the molecule is COC(=O)c1ccc[n+](C2CC(CO)C(O)C2O)c1.CS(=O)(=O)[O-]. The average molecular weight is 363 g/mol. The van der Waals surface area contributed by atoms with Crippen LogP contribution in [0.1, 0.15) is 22.8 Å². The van der Waals surface area contributed by atoms with E-state index < -0.39 is 28.3 Å². The molecular weight excluding hydrogens is 342 g/mol. The van der Waals surface area contributed by atoms with Crippen LogP contribution in [0, 0.1) is 5.92 Å². The molecule has 24 heavy (non-hydrogen) atoms. The zero-order valence-electron chi connectivity index (χ0n) is 13.3. The van der Waals surface area contributed by atoms with Crippen molar-refractivity contribution < 1.29 is 42.4 Å². The number of nitrogens with zero attached hydrogens (tertiary/aromatic N) is 1. The number of rotatable bonds is 3. The van der Waals surface area contributed by atoms with Crippen LogP contribution in [0.5, 0.6) is 0 Å². The molecule has 0 saturated heterocycles. The fourth-order valence-corrected chi connectivity index (χ4v) is 2.51. The van der Waals surface area contributed by atoms with E-state index in [0.29, 0.717) is 18.2 Å². The van der Waals surface area contributed by atoms with Gasteiger partial charge in [0.1, 0.15) is 11.7 Å². The minimum absolute atomic E-state index is 0.175. The third-order valence-corrected chi connectivity index (χ3v) is 3.63. The summed E-state index contributed by atoms with van der Waals surface area (Å²) in [7, 11) is -2.62. The predicted octanol–water partition coefficient (Wildman–Crippen LogP) is -1.80. The fraction of sp³-hybridized carbons (Fsp3) is 0.571. The van der Waals surface area contributed by atoms with Crippen LogP contribution in [0.3, 0.4) is 0 Å². The molecule has 1 aliphatic carbocycles. The number of carbonyl (C=O) groups excluding carboxylic acids is 1. The first-order valence-corrected chi connectivity index (χ1v) is 8.87. The first kappa shape index (κ1) is 20.5. The fourth-order valence-electron chi connectivity index (χ4n) is 2.51. The minimum Gasteiger partial charge on any atom is -0.748 e. The average Bonchev–Trinajstić information content (AvgIpc) is 2.80. The second kappa shape index (κ2) is 8.49. The second-order valence-corrected chi connectivity index (χ2v) is 6.87. The number of ether oxygens (including phenoxy) is 1. The van der Waals surface area contributed by atoms with E-state index in [4.69, 9.17) is 18.1 Å². The zero-order valence-corrected chi connectivity index (χ0v) is 14.1. The number of methoxy groups -OCH3 is 1. The molecule has 0 bridgehead atoms. The third kappa shape index (κ3) is 5.80. The molecule has 10 heteroatoms. The summed E-state index contributed by atoms with van der Waals surface area (Å²) in [4.78, 5) is 11.5. The molecule has 0 aliphatic heterocycles. The van der Waals surface area contributed by atoms with Crippen molar-refractivity contribution in [3.63, 3.8) is 0 Å². The highest BCUT2D eigenvalue weighted by atomic mass is 32.2. The van der Waals surface area contributed by atoms with E-state index in [1.807, 2.05) is 0 Å². The molecule has 2 rings (SSSR count). The molecule has 1 heterocycles. The largest absolute Gasteiger partial charge is 0.748 e. The summed E-state index contributed by atoms with van der Waals surface area (Å²) in [6.07, 6.45) is 2.43. The molecular formula is C14H21NO8S. The van der Waals surface area contributed by atoms with Crippen LogP contribution in [0.25, 0.3) is 0 Å². The molecule has 0 aromatic carbocycles. The highest BCUT2D eigenvalue weighted by Gasteiger charge is 2.46. The molecule has 0 radical (unpaired) electrons. The summed E-state index contributed by atoms with van der Waals surface area (Å²) in [5.41, 5.74) is 0.374. The lowest BCUT2D eigenvalue weighted by molar-refractivity contribution is -0.729. The summed E-state index contributed by atoms with van der Waals surface area (Å²) in [6, 6.07) is 2.93. The smallest absolute Gasteiger partial charge is 0.343 e. The van der Waals surface area contributed by atoms with E-state index in [9.17, 15) is 15.0 Å². The summed E-state index contributed by atoms with van der Waals surface area (Å²) < 4.78 is 33.5. The van der Waals surface area contributed by atoms with E-state index in [1.165, 1.54) is 7.11 Å². The van der Waals surface area contributed by atoms with Crippen molar-refractivity contribution in [1.82, 2.24) is 0 Å². The van der Waals surface area contributed by atoms with Crippen molar-refractivity contribution in [3.05, 3.63) is 30.1 Å². The molecule has 1 aromatic heterocycles. The van der Waals surface area contributed by atoms with Gasteiger partial charge in [0.15, 0.2) is 18.4 Å². The molecule has 9 nitrogen and oxygen atoms in total. The van der Waals surface area contributed by atoms with Gasteiger partial charge in [-0.15, -0.1) is 0 Å². The van der Waals surface area contributed by atoms with Gasteiger partial charge in [0.05, 0.1) is 23.3 Å². The number of aromatic nitrogens is 1. The molecule has 1 fully saturated rings. The van der Waals surface area contributed by atoms with Crippen molar-refractivity contribution in [2.45, 2.75) is 24.7 Å². The summed E-state index contributed by atoms with van der Waals surface area (Å²) in [6.45, 7) is -0.175. The Morgan fingerprint density at radius 2 is 2.00 bits per heavy atom. The van der Waals surface area contributed by atoms with Crippen LogP contribution in [-0.2, 0) is 14.9 Å². The van der Waals surface area contributed by atoms with Crippen LogP contribution < -0.4 is 4.57 Å². The monoisotopic (exact) mass is 363 g/mol. The van der Waals surface area contributed by atoms with E-state index in [-0.39, 0.29) is 18.6 Å². The van der Waals surface area contributed by atoms with Crippen LogP contribution >= 0.6 is 0 Å². The van der Waals surface area contributed by atoms with Gasteiger partial charge in [-0.05, 0) is 6.07 Å². The Hall–Kier alpha value is -1.59. The molecule has 1 aliphatic rings. The lowest BCUT2D eigenvalue weighted by Crippen LogP contribution is -2.45. The number of aliphatic hydroxyl groups is 3. The Morgan fingerprint density at radius 1 is 1.42 bits per heavy atom. The summed E-state index contributed by atoms with van der Waals surface area (Å²) >= 11 is 0. The van der Waals surface area contributed by atoms with Crippen molar-refractivity contribution >= 4 is 16.1 Å². The van der Waals surface area contributed by atoms with Gasteiger partial charge in [-0.2, -0.15) is 4.57 Å². The highest BCUT2D eigenvalue weighted by Crippen LogP contribution is 2.31. The van der Waals surface area contributed by atoms with Crippen molar-refractivity contribution in [1.29, 1.82) is 0 Å². The maximum absolute atomic E-state index is 11.5. The molecule has 0 spiro atoms. The summed E-state index contributed by atoms with van der Waals surface area (Å²) in [5, 5.41) is 28.9. The van der Waals surface area contributed by atoms with Gasteiger partial charge in [-0.25, -0.2) is 13.2 Å². The van der Waals surface area contributed by atoms with E-state index in [1.54, 1.807) is 29.1 Å². The number of esters is 1. The molecule has 4 atom stereocenters. The number of hydrogen-bond acceptors (Lipinski definition) is 8. The highest BCUT2D eigenvalue weighted by molar-refractivity contribution is 7.84. The van der Waals surface area contributed by atoms with Gasteiger partial charge in [0, 0.05) is 31.3 Å². The Balaban J connectivity index is 0.000000505. The van der Waals surface area contributed by atoms with E-state index in [0.717, 1.165) is 0 Å². The van der Waals surface area contributed by atoms with Crippen LogP contribution in [0.4, 0.5) is 0 Å². The molecule has 3 N–H and O–H groups in total. The zero-order chi connectivity index (χ0) is 18.5. The van der Waals surface area contributed by atoms with Crippen LogP contribution in [0.15, 0.2) is 24.5 Å². The normalized spacial score (nSPS) is 26.4. The third-order valence-electron chi connectivity index (χ3n) is 3.63. The van der Waals surface area contributed by atoms with Crippen LogP contribution in [-0.4, -0.2) is 66.4 Å². The number of pyridine rings is 1. The number of aliphatic hydroxyl groups excluding tert-OH is 3. The first-order valence-electron chi connectivity index (χ1n) is 7.05. The Morgan fingerprint density at radius 3 is 2.46 bits per heavy atom. The minimum atomic E-state index is -3.92. The van der Waals surface area contributed by atoms with E-state index >= 15 is 0 Å². The van der Waals surface area contributed by atoms with Crippen molar-refractivity contribution in [3.8, 4) is 0 Å². The van der Waals surface area contributed by atoms with Crippen LogP contribution in [0.2, 0.25) is 0 Å². The van der Waals surface area contributed by atoms with Gasteiger partial charge < -0.3 is 24.6 Å². The predicted molar refractivity (Wildman–Crippen MR) is 79.8 cm³/mol. The molecule has 1 aromatic rings. The maximum atomic E-state index is 11.5. The molecule has 0 amide bonds. The number of carbonyl (C=O) groups is 1. The quantitative estimate of drug-likeness (QED) is 0.323. The standard InChI is InChI=1S/C13H18NO5.CH4O3S/c1-19-13(18)8-3-2-4-14(6-8)10-5-9(7-15)11(16)12(10)17;1-5(2,3)4/h2-4,6,9-12,15-17H,5,7H2,1H3;1H3,(H,2,3,4)/q+1;/p-1. The molecule has 136 valence electrons. The van der Waals surface area contributed by atoms with Gasteiger partial charge >= 0.3 is 5.97 Å². The number of hydrogen-bond donors (Lipinski definition) is 3. The van der Waals surface area contributed by atoms with Crippen molar-refractivity contribution in [2.75, 3.05) is 20.0 Å². The van der Waals surface area contributed by atoms with Gasteiger partial charge in [0.25, 0.3) is 0 Å². The topological polar surface area (TPSA) is 148 Å². The van der Waals surface area contributed by atoms with E-state index in [2.05, 4.69) is 4.74 Å². The first-order chi connectivity index (χ1) is 11.1. The second-order valence-electron chi connectivity index (χ2n) is 5.46. The molecule has 1 saturated carbocycles. The molecule has 4 unspecified atom stereocenters. The maximum Gasteiger partial charge on any atom is 0.343 e. The lowest BCUT2D eigenvalue weighted by atomic mass is 10.1. The Labute approximate surface area is 139 Å². The van der Waals surface area contributed by atoms with Gasteiger partial charge in [-0.3, -0.25) is 0 Å². The Bertz CT molecular complexity index is 654. The lowest BCUT2D eigenvalue weighted by Gasteiger charge is -2.13. The van der Waals surface area contributed by atoms with Gasteiger partial charge in [-0.1, -0.05) is 0 Å².